The van der Waals surface area contributed by atoms with Crippen molar-refractivity contribution in [3.05, 3.63) is 84.2 Å². The molecule has 0 saturated carbocycles. The number of para-hydroxylation sites is 3. The zero-order valence-corrected chi connectivity index (χ0v) is 20.3. The number of benzene rings is 3. The molecular formula is C30H26N4O3. The van der Waals surface area contributed by atoms with Crippen LogP contribution in [0.4, 0.5) is 0 Å². The van der Waals surface area contributed by atoms with E-state index in [1.165, 1.54) is 0 Å². The van der Waals surface area contributed by atoms with Crippen LogP contribution in [0.2, 0.25) is 0 Å². The van der Waals surface area contributed by atoms with Crippen LogP contribution >= 0.6 is 0 Å². The molecule has 2 aliphatic heterocycles. The Morgan fingerprint density at radius 3 is 2.59 bits per heavy atom. The van der Waals surface area contributed by atoms with Crippen molar-refractivity contribution in [2.24, 2.45) is 0 Å². The average molecular weight is 491 g/mol. The lowest BCUT2D eigenvalue weighted by Crippen LogP contribution is -2.39. The molecule has 0 radical (unpaired) electrons. The summed E-state index contributed by atoms with van der Waals surface area (Å²) >= 11 is 0. The maximum atomic E-state index is 14.0. The Bertz CT molecular complexity index is 1610. The number of pyridine rings is 1. The van der Waals surface area contributed by atoms with Crippen molar-refractivity contribution in [3.8, 4) is 22.8 Å². The van der Waals surface area contributed by atoms with Gasteiger partial charge in [0, 0.05) is 30.0 Å². The summed E-state index contributed by atoms with van der Waals surface area (Å²) in [6.07, 6.45) is 1.94. The Balaban J connectivity index is 1.24. The van der Waals surface area contributed by atoms with Crippen molar-refractivity contribution in [3.63, 3.8) is 0 Å². The largest absolute Gasteiger partial charge is 0.486 e. The molecule has 184 valence electrons. The Labute approximate surface area is 214 Å². The molecule has 37 heavy (non-hydrogen) atoms. The number of hydrogen-bond acceptors (Lipinski definition) is 5. The summed E-state index contributed by atoms with van der Waals surface area (Å²) in [4.78, 5) is 29.1. The highest BCUT2D eigenvalue weighted by Gasteiger charge is 2.29. The standard InChI is InChI=1S/C30H26N4O3/c35-30(34-13-5-6-20(18-34)29-32-24-9-3-4-10-25(24)33-29)22-17-26(31-23-8-2-1-7-21(22)23)19-11-12-27-28(16-19)37-15-14-36-27/h1-4,7-12,16-17,20H,5-6,13-15,18H2,(H,32,33). The van der Waals surface area contributed by atoms with E-state index in [9.17, 15) is 4.79 Å². The molecule has 3 aromatic carbocycles. The number of piperidine rings is 1. The van der Waals surface area contributed by atoms with Gasteiger partial charge in [0.15, 0.2) is 11.5 Å². The molecule has 7 rings (SSSR count). The van der Waals surface area contributed by atoms with E-state index in [0.717, 1.165) is 64.2 Å². The molecule has 0 spiro atoms. The third kappa shape index (κ3) is 3.96. The Kier molecular flexibility index (Phi) is 5.27. The lowest BCUT2D eigenvalue weighted by Gasteiger charge is -2.32. The third-order valence-corrected chi connectivity index (χ3v) is 7.29. The number of nitrogens with one attached hydrogen (secondary N) is 1. The van der Waals surface area contributed by atoms with Crippen LogP contribution in [0.15, 0.2) is 72.8 Å². The molecule has 7 nitrogen and oxygen atoms in total. The summed E-state index contributed by atoms with van der Waals surface area (Å²) in [5.74, 6) is 2.59. The predicted molar refractivity (Wildman–Crippen MR) is 142 cm³/mol. The molecule has 5 aromatic rings. The van der Waals surface area contributed by atoms with Gasteiger partial charge in [-0.2, -0.15) is 0 Å². The lowest BCUT2D eigenvalue weighted by atomic mass is 9.96. The maximum absolute atomic E-state index is 14.0. The fourth-order valence-electron chi connectivity index (χ4n) is 5.42. The van der Waals surface area contributed by atoms with Gasteiger partial charge in [-0.25, -0.2) is 9.97 Å². The van der Waals surface area contributed by atoms with Crippen LogP contribution < -0.4 is 9.47 Å². The van der Waals surface area contributed by atoms with Crippen LogP contribution in [0.25, 0.3) is 33.2 Å². The molecule has 7 heteroatoms. The van der Waals surface area contributed by atoms with Gasteiger partial charge in [-0.3, -0.25) is 4.79 Å². The number of ether oxygens (including phenoxy) is 2. The fraction of sp³-hybridized carbons (Fsp3) is 0.233. The quantitative estimate of drug-likeness (QED) is 0.358. The number of aromatic amines is 1. The fourth-order valence-corrected chi connectivity index (χ4v) is 5.42. The summed E-state index contributed by atoms with van der Waals surface area (Å²) in [6, 6.07) is 23.6. The Morgan fingerprint density at radius 1 is 0.892 bits per heavy atom. The van der Waals surface area contributed by atoms with Gasteiger partial charge in [0.1, 0.15) is 19.0 Å². The number of carbonyl (C=O) groups excluding carboxylic acids is 1. The van der Waals surface area contributed by atoms with Crippen LogP contribution in [-0.4, -0.2) is 52.1 Å². The second kappa shape index (κ2) is 8.92. The minimum atomic E-state index is 0.0261. The summed E-state index contributed by atoms with van der Waals surface area (Å²) in [5.41, 5.74) is 5.09. The van der Waals surface area contributed by atoms with Crippen LogP contribution in [0.5, 0.6) is 11.5 Å². The van der Waals surface area contributed by atoms with Crippen LogP contribution in [-0.2, 0) is 0 Å². The first-order chi connectivity index (χ1) is 18.2. The molecule has 1 N–H and O–H groups in total. The van der Waals surface area contributed by atoms with Crippen LogP contribution in [0, 0.1) is 0 Å². The SMILES string of the molecule is O=C(c1cc(-c2ccc3c(c2)OCCO3)nc2ccccc12)N1CCCC(c2nc3ccccc3[nH]2)C1. The van der Waals surface area contributed by atoms with E-state index < -0.39 is 0 Å². The van der Waals surface area contributed by atoms with Gasteiger partial charge in [-0.05, 0) is 55.3 Å². The van der Waals surface area contributed by atoms with Crippen LogP contribution in [0.3, 0.4) is 0 Å². The molecule has 4 heterocycles. The minimum Gasteiger partial charge on any atom is -0.486 e. The second-order valence-electron chi connectivity index (χ2n) is 9.66. The van der Waals surface area contributed by atoms with E-state index in [-0.39, 0.29) is 11.8 Å². The molecule has 1 saturated heterocycles. The second-order valence-corrected chi connectivity index (χ2v) is 9.66. The van der Waals surface area contributed by atoms with Crippen molar-refractivity contribution in [1.82, 2.24) is 19.9 Å². The normalized spacial score (nSPS) is 17.3. The van der Waals surface area contributed by atoms with Gasteiger partial charge in [0.2, 0.25) is 0 Å². The number of H-pyrrole nitrogens is 1. The first kappa shape index (κ1) is 21.9. The van der Waals surface area contributed by atoms with Gasteiger partial charge >= 0.3 is 0 Å². The summed E-state index contributed by atoms with van der Waals surface area (Å²) in [5, 5.41) is 0.861. The topological polar surface area (TPSA) is 80.3 Å². The number of likely N-dealkylation sites (tertiary alicyclic amines) is 1. The van der Waals surface area contributed by atoms with E-state index >= 15 is 0 Å². The number of imidazole rings is 1. The first-order valence-electron chi connectivity index (χ1n) is 12.8. The number of aromatic nitrogens is 3. The molecule has 2 aromatic heterocycles. The maximum Gasteiger partial charge on any atom is 0.254 e. The predicted octanol–water partition coefficient (Wildman–Crippen LogP) is 5.57. The highest BCUT2D eigenvalue weighted by Crippen LogP contribution is 2.36. The molecule has 1 fully saturated rings. The van der Waals surface area contributed by atoms with E-state index in [1.807, 2.05) is 77.7 Å². The Hall–Kier alpha value is -4.39. The van der Waals surface area contributed by atoms with Crippen LogP contribution in [0.1, 0.15) is 34.9 Å². The van der Waals surface area contributed by atoms with Crippen molar-refractivity contribution < 1.29 is 14.3 Å². The molecular weight excluding hydrogens is 464 g/mol. The molecule has 1 unspecified atom stereocenters. The Morgan fingerprint density at radius 2 is 1.70 bits per heavy atom. The molecule has 1 atom stereocenters. The van der Waals surface area contributed by atoms with E-state index in [1.54, 1.807) is 0 Å². The molecule has 0 bridgehead atoms. The zero-order chi connectivity index (χ0) is 24.8. The lowest BCUT2D eigenvalue weighted by molar-refractivity contribution is 0.0707. The molecule has 1 amide bonds. The highest BCUT2D eigenvalue weighted by molar-refractivity contribution is 6.07. The number of hydrogen-bond donors (Lipinski definition) is 1. The number of nitrogens with zero attached hydrogens (tertiary/aromatic N) is 3. The summed E-state index contributed by atoms with van der Waals surface area (Å²) in [7, 11) is 0. The summed E-state index contributed by atoms with van der Waals surface area (Å²) < 4.78 is 11.5. The zero-order valence-electron chi connectivity index (χ0n) is 20.3. The monoisotopic (exact) mass is 490 g/mol. The number of amides is 1. The van der Waals surface area contributed by atoms with E-state index in [4.69, 9.17) is 19.4 Å². The van der Waals surface area contributed by atoms with Crippen molar-refractivity contribution in [2.45, 2.75) is 18.8 Å². The van der Waals surface area contributed by atoms with Gasteiger partial charge in [0.25, 0.3) is 5.91 Å². The molecule has 2 aliphatic rings. The van der Waals surface area contributed by atoms with E-state index in [0.29, 0.717) is 31.1 Å². The van der Waals surface area contributed by atoms with Gasteiger partial charge in [0.05, 0.1) is 27.8 Å². The smallest absolute Gasteiger partial charge is 0.254 e. The number of carbonyl (C=O) groups is 1. The minimum absolute atomic E-state index is 0.0261. The number of fused-ring (bicyclic) bond motifs is 3. The number of rotatable bonds is 3. The van der Waals surface area contributed by atoms with Crippen molar-refractivity contribution >= 4 is 27.8 Å². The van der Waals surface area contributed by atoms with E-state index in [2.05, 4.69) is 4.98 Å². The van der Waals surface area contributed by atoms with Gasteiger partial charge in [-0.1, -0.05) is 30.3 Å². The molecule has 0 aliphatic carbocycles. The van der Waals surface area contributed by atoms with Crippen molar-refractivity contribution in [1.29, 1.82) is 0 Å². The third-order valence-electron chi connectivity index (χ3n) is 7.29. The average Bonchev–Trinajstić information content (AvgIpc) is 3.41. The van der Waals surface area contributed by atoms with Gasteiger partial charge in [-0.15, -0.1) is 0 Å². The van der Waals surface area contributed by atoms with Crippen molar-refractivity contribution in [2.75, 3.05) is 26.3 Å². The first-order valence-corrected chi connectivity index (χ1v) is 12.8. The van der Waals surface area contributed by atoms with Gasteiger partial charge < -0.3 is 19.4 Å². The summed E-state index contributed by atoms with van der Waals surface area (Å²) in [6.45, 7) is 2.43. The highest BCUT2D eigenvalue weighted by atomic mass is 16.6.